The molecule has 0 saturated heterocycles. The molecule has 0 bridgehead atoms. The molecule has 1 heterocycles. The number of amides is 1. The zero-order chi connectivity index (χ0) is 10.9. The van der Waals surface area contributed by atoms with E-state index in [0.29, 0.717) is 12.1 Å². The summed E-state index contributed by atoms with van der Waals surface area (Å²) in [6.45, 7) is 2.38. The summed E-state index contributed by atoms with van der Waals surface area (Å²) in [7, 11) is 1.58. The highest BCUT2D eigenvalue weighted by Gasteiger charge is 2.30. The van der Waals surface area contributed by atoms with Crippen LogP contribution in [0.5, 0.6) is 0 Å². The molecule has 1 aliphatic rings. The van der Waals surface area contributed by atoms with E-state index >= 15 is 0 Å². The van der Waals surface area contributed by atoms with Crippen LogP contribution in [0.3, 0.4) is 0 Å². The lowest BCUT2D eigenvalue weighted by Gasteiger charge is -2.27. The van der Waals surface area contributed by atoms with E-state index in [-0.39, 0.29) is 5.91 Å². The minimum Gasteiger partial charge on any atom is -0.380 e. The molecule has 2 N–H and O–H groups in total. The number of fused-ring (bicyclic) bond motifs is 1. The second-order valence-electron chi connectivity index (χ2n) is 3.79. The highest BCUT2D eigenvalue weighted by Crippen LogP contribution is 2.20. The molecule has 1 unspecified atom stereocenters. The van der Waals surface area contributed by atoms with E-state index in [1.165, 1.54) is 0 Å². The summed E-state index contributed by atoms with van der Waals surface area (Å²) in [5.41, 5.74) is 0.838. The lowest BCUT2D eigenvalue weighted by atomic mass is 10.1. The van der Waals surface area contributed by atoms with Gasteiger partial charge in [0, 0.05) is 12.8 Å². The van der Waals surface area contributed by atoms with Crippen molar-refractivity contribution >= 4 is 11.6 Å². The van der Waals surface area contributed by atoms with Crippen molar-refractivity contribution in [3.63, 3.8) is 0 Å². The van der Waals surface area contributed by atoms with Crippen molar-refractivity contribution in [2.24, 2.45) is 0 Å². The first kappa shape index (κ1) is 9.98. The molecule has 15 heavy (non-hydrogen) atoms. The fourth-order valence-electron chi connectivity index (χ4n) is 1.57. The normalized spacial score (nSPS) is 24.8. The summed E-state index contributed by atoms with van der Waals surface area (Å²) in [5.74, 6) is -0.111. The van der Waals surface area contributed by atoms with E-state index in [9.17, 15) is 4.79 Å². The van der Waals surface area contributed by atoms with Crippen LogP contribution in [-0.2, 0) is 4.74 Å². The fourth-order valence-corrected chi connectivity index (χ4v) is 1.57. The molecule has 0 saturated carbocycles. The van der Waals surface area contributed by atoms with Crippen LogP contribution in [0.25, 0.3) is 0 Å². The van der Waals surface area contributed by atoms with Gasteiger partial charge in [-0.2, -0.15) is 0 Å². The van der Waals surface area contributed by atoms with Crippen molar-refractivity contribution < 1.29 is 9.53 Å². The Balaban J connectivity index is 2.36. The number of ether oxygens (including phenoxy) is 1. The Labute approximate surface area is 88.6 Å². The SMILES string of the molecule is COC1(C)CNc2ccccc2C(=O)N1. The summed E-state index contributed by atoms with van der Waals surface area (Å²) >= 11 is 0. The molecule has 80 valence electrons. The predicted molar refractivity (Wildman–Crippen MR) is 57.8 cm³/mol. The van der Waals surface area contributed by atoms with Gasteiger partial charge in [-0.15, -0.1) is 0 Å². The third-order valence-electron chi connectivity index (χ3n) is 2.62. The second-order valence-corrected chi connectivity index (χ2v) is 3.79. The number of carbonyl (C=O) groups excluding carboxylic acids is 1. The van der Waals surface area contributed by atoms with Crippen LogP contribution in [0.2, 0.25) is 0 Å². The number of hydrogen-bond acceptors (Lipinski definition) is 3. The van der Waals surface area contributed by atoms with Crippen LogP contribution in [0, 0.1) is 0 Å². The average Bonchev–Trinajstić information content (AvgIpc) is 2.38. The molecule has 1 aliphatic heterocycles. The molecule has 1 aromatic carbocycles. The van der Waals surface area contributed by atoms with Crippen molar-refractivity contribution in [1.29, 1.82) is 0 Å². The Morgan fingerprint density at radius 1 is 1.40 bits per heavy atom. The average molecular weight is 206 g/mol. The molecule has 0 aliphatic carbocycles. The van der Waals surface area contributed by atoms with Crippen molar-refractivity contribution in [1.82, 2.24) is 5.32 Å². The first-order chi connectivity index (χ1) is 7.14. The number of carbonyl (C=O) groups is 1. The summed E-state index contributed by atoms with van der Waals surface area (Å²) in [6, 6.07) is 7.42. The molecule has 0 spiro atoms. The Morgan fingerprint density at radius 2 is 2.13 bits per heavy atom. The van der Waals surface area contributed by atoms with Gasteiger partial charge in [0.25, 0.3) is 5.91 Å². The number of methoxy groups -OCH3 is 1. The third kappa shape index (κ3) is 1.80. The maximum absolute atomic E-state index is 11.8. The van der Waals surface area contributed by atoms with Crippen LogP contribution in [-0.4, -0.2) is 25.3 Å². The highest BCUT2D eigenvalue weighted by molar-refractivity contribution is 6.00. The molecule has 0 aromatic heterocycles. The minimum atomic E-state index is -0.657. The number of hydrogen-bond donors (Lipinski definition) is 2. The molecule has 0 fully saturated rings. The number of para-hydroxylation sites is 1. The lowest BCUT2D eigenvalue weighted by molar-refractivity contribution is -0.00692. The predicted octanol–water partition coefficient (Wildman–Crippen LogP) is 1.20. The van der Waals surface area contributed by atoms with Crippen LogP contribution < -0.4 is 10.6 Å². The van der Waals surface area contributed by atoms with Crippen LogP contribution >= 0.6 is 0 Å². The van der Waals surface area contributed by atoms with E-state index < -0.39 is 5.72 Å². The van der Waals surface area contributed by atoms with Gasteiger partial charge >= 0.3 is 0 Å². The molecule has 1 atom stereocenters. The molecule has 1 amide bonds. The summed E-state index contributed by atoms with van der Waals surface area (Å²) in [4.78, 5) is 11.8. The fraction of sp³-hybridized carbons (Fsp3) is 0.364. The Kier molecular flexibility index (Phi) is 2.36. The summed E-state index contributed by atoms with van der Waals surface area (Å²) in [6.07, 6.45) is 0. The first-order valence-corrected chi connectivity index (χ1v) is 4.85. The quantitative estimate of drug-likeness (QED) is 0.726. The van der Waals surface area contributed by atoms with Gasteiger partial charge in [0.05, 0.1) is 12.1 Å². The number of benzene rings is 1. The van der Waals surface area contributed by atoms with Gasteiger partial charge in [-0.25, -0.2) is 0 Å². The van der Waals surface area contributed by atoms with Crippen LogP contribution in [0.4, 0.5) is 5.69 Å². The van der Waals surface area contributed by atoms with Gasteiger partial charge in [0.15, 0.2) is 5.72 Å². The molecule has 1 aromatic rings. The zero-order valence-electron chi connectivity index (χ0n) is 8.83. The third-order valence-corrected chi connectivity index (χ3v) is 2.62. The van der Waals surface area contributed by atoms with Gasteiger partial charge in [0.2, 0.25) is 0 Å². The smallest absolute Gasteiger partial charge is 0.255 e. The van der Waals surface area contributed by atoms with E-state index in [1.807, 2.05) is 25.1 Å². The van der Waals surface area contributed by atoms with Gasteiger partial charge in [-0.05, 0) is 19.1 Å². The molecule has 4 nitrogen and oxygen atoms in total. The topological polar surface area (TPSA) is 50.4 Å². The molecule has 2 rings (SSSR count). The second kappa shape index (κ2) is 3.55. The molecule has 0 radical (unpaired) electrons. The summed E-state index contributed by atoms with van der Waals surface area (Å²) < 4.78 is 5.27. The largest absolute Gasteiger partial charge is 0.380 e. The van der Waals surface area contributed by atoms with E-state index in [4.69, 9.17) is 4.74 Å². The van der Waals surface area contributed by atoms with Crippen molar-refractivity contribution in [3.8, 4) is 0 Å². The Morgan fingerprint density at radius 3 is 2.87 bits per heavy atom. The Bertz CT molecular complexity index is 392. The molecular formula is C11H14N2O2. The highest BCUT2D eigenvalue weighted by atomic mass is 16.5. The first-order valence-electron chi connectivity index (χ1n) is 4.85. The number of rotatable bonds is 1. The standard InChI is InChI=1S/C11H14N2O2/c1-11(15-2)7-12-9-6-4-3-5-8(9)10(14)13-11/h3-6,12H,7H2,1-2H3,(H,13,14). The van der Waals surface area contributed by atoms with Crippen molar-refractivity contribution in [3.05, 3.63) is 29.8 Å². The maximum Gasteiger partial charge on any atom is 0.255 e. The van der Waals surface area contributed by atoms with Gasteiger partial charge in [0.1, 0.15) is 0 Å². The molecular weight excluding hydrogens is 192 g/mol. The van der Waals surface area contributed by atoms with Gasteiger partial charge in [-0.1, -0.05) is 12.1 Å². The molecule has 4 heteroatoms. The van der Waals surface area contributed by atoms with E-state index in [2.05, 4.69) is 10.6 Å². The Hall–Kier alpha value is -1.55. The van der Waals surface area contributed by atoms with E-state index in [1.54, 1.807) is 13.2 Å². The minimum absolute atomic E-state index is 0.111. The number of anilines is 1. The maximum atomic E-state index is 11.8. The lowest BCUT2D eigenvalue weighted by Crippen LogP contribution is -2.50. The monoisotopic (exact) mass is 206 g/mol. The zero-order valence-corrected chi connectivity index (χ0v) is 8.83. The van der Waals surface area contributed by atoms with E-state index in [0.717, 1.165) is 5.69 Å². The summed E-state index contributed by atoms with van der Waals surface area (Å²) in [5, 5.41) is 6.03. The number of nitrogens with one attached hydrogen (secondary N) is 2. The van der Waals surface area contributed by atoms with Crippen molar-refractivity contribution in [2.75, 3.05) is 19.0 Å². The van der Waals surface area contributed by atoms with Gasteiger partial charge < -0.3 is 15.4 Å². The van der Waals surface area contributed by atoms with Crippen LogP contribution in [0.15, 0.2) is 24.3 Å². The van der Waals surface area contributed by atoms with Crippen LogP contribution in [0.1, 0.15) is 17.3 Å². The van der Waals surface area contributed by atoms with Crippen molar-refractivity contribution in [2.45, 2.75) is 12.6 Å². The van der Waals surface area contributed by atoms with Gasteiger partial charge in [-0.3, -0.25) is 4.79 Å².